The van der Waals surface area contributed by atoms with E-state index >= 15 is 0 Å². The van der Waals surface area contributed by atoms with Gasteiger partial charge >= 0.3 is 0 Å². The van der Waals surface area contributed by atoms with Gasteiger partial charge in [-0.1, -0.05) is 19.0 Å². The summed E-state index contributed by atoms with van der Waals surface area (Å²) < 4.78 is 10.5. The number of rotatable bonds is 5. The molecule has 0 spiro atoms. The number of hydrogen-bond donors (Lipinski definition) is 1. The summed E-state index contributed by atoms with van der Waals surface area (Å²) in [5, 5.41) is 6.83. The highest BCUT2D eigenvalue weighted by Gasteiger charge is 2.33. The average Bonchev–Trinajstić information content (AvgIpc) is 3.08. The maximum absolute atomic E-state index is 13.0. The van der Waals surface area contributed by atoms with Crippen molar-refractivity contribution in [2.45, 2.75) is 38.6 Å². The van der Waals surface area contributed by atoms with E-state index in [0.717, 1.165) is 11.3 Å². The summed E-state index contributed by atoms with van der Waals surface area (Å²) in [6.07, 6.45) is 0.111. The standard InChI is InChI=1S/C19H23N3O4/c1-11(2)17-7-12(21-26-17)10-22(3)19(24)15-9-18(23)20-16-6-5-13(25-4)8-14(15)16/h5-8,11,15H,9-10H2,1-4H3,(H,20,23)/t15-/m0/s1. The Kier molecular flexibility index (Phi) is 4.97. The van der Waals surface area contributed by atoms with E-state index in [9.17, 15) is 9.59 Å². The second-order valence-corrected chi connectivity index (χ2v) is 6.83. The van der Waals surface area contributed by atoms with Crippen molar-refractivity contribution >= 4 is 17.5 Å². The molecule has 3 rings (SSSR count). The van der Waals surface area contributed by atoms with Gasteiger partial charge in [0.05, 0.1) is 19.6 Å². The number of carbonyl (C=O) groups is 2. The van der Waals surface area contributed by atoms with E-state index in [1.165, 1.54) is 0 Å². The van der Waals surface area contributed by atoms with Crippen LogP contribution in [-0.4, -0.2) is 36.0 Å². The van der Waals surface area contributed by atoms with Gasteiger partial charge in [-0.3, -0.25) is 9.59 Å². The van der Waals surface area contributed by atoms with Crippen molar-refractivity contribution in [2.75, 3.05) is 19.5 Å². The summed E-state index contributed by atoms with van der Waals surface area (Å²) in [5.41, 5.74) is 2.11. The zero-order valence-corrected chi connectivity index (χ0v) is 15.4. The highest BCUT2D eigenvalue weighted by atomic mass is 16.5. The van der Waals surface area contributed by atoms with Crippen molar-refractivity contribution in [3.05, 3.63) is 41.3 Å². The largest absolute Gasteiger partial charge is 0.497 e. The van der Waals surface area contributed by atoms with Crippen molar-refractivity contribution in [3.63, 3.8) is 0 Å². The minimum Gasteiger partial charge on any atom is -0.497 e. The van der Waals surface area contributed by atoms with Gasteiger partial charge in [-0.2, -0.15) is 0 Å². The number of amides is 2. The quantitative estimate of drug-likeness (QED) is 0.889. The molecule has 1 aliphatic heterocycles. The van der Waals surface area contributed by atoms with Gasteiger partial charge in [0, 0.05) is 31.1 Å². The van der Waals surface area contributed by atoms with Crippen molar-refractivity contribution in [1.29, 1.82) is 0 Å². The molecule has 0 saturated heterocycles. The number of carbonyl (C=O) groups excluding carboxylic acids is 2. The van der Waals surface area contributed by atoms with Crippen LogP contribution in [0, 0.1) is 0 Å². The van der Waals surface area contributed by atoms with Crippen LogP contribution in [0.2, 0.25) is 0 Å². The molecule has 1 aromatic heterocycles. The minimum absolute atomic E-state index is 0.111. The first-order chi connectivity index (χ1) is 12.4. The van der Waals surface area contributed by atoms with Crippen LogP contribution in [0.15, 0.2) is 28.8 Å². The summed E-state index contributed by atoms with van der Waals surface area (Å²) in [6, 6.07) is 7.19. The van der Waals surface area contributed by atoms with E-state index in [2.05, 4.69) is 10.5 Å². The molecule has 1 aromatic carbocycles. The third-order valence-corrected chi connectivity index (χ3v) is 4.52. The van der Waals surface area contributed by atoms with Gasteiger partial charge in [0.25, 0.3) is 0 Å². The highest BCUT2D eigenvalue weighted by molar-refractivity contribution is 6.01. The van der Waals surface area contributed by atoms with Crippen LogP contribution in [0.3, 0.4) is 0 Å². The molecule has 1 N–H and O–H groups in total. The number of nitrogens with zero attached hydrogens (tertiary/aromatic N) is 2. The van der Waals surface area contributed by atoms with Crippen molar-refractivity contribution in [2.24, 2.45) is 0 Å². The van der Waals surface area contributed by atoms with E-state index in [1.807, 2.05) is 19.9 Å². The second kappa shape index (κ2) is 7.19. The number of methoxy groups -OCH3 is 1. The van der Waals surface area contributed by atoms with Gasteiger partial charge < -0.3 is 19.5 Å². The predicted molar refractivity (Wildman–Crippen MR) is 96.0 cm³/mol. The Morgan fingerprint density at radius 3 is 2.85 bits per heavy atom. The number of nitrogens with one attached hydrogen (secondary N) is 1. The topological polar surface area (TPSA) is 84.7 Å². The van der Waals surface area contributed by atoms with Gasteiger partial charge in [-0.25, -0.2) is 0 Å². The summed E-state index contributed by atoms with van der Waals surface area (Å²) >= 11 is 0. The average molecular weight is 357 g/mol. The zero-order valence-electron chi connectivity index (χ0n) is 15.4. The molecular weight excluding hydrogens is 334 g/mol. The Balaban J connectivity index is 1.81. The molecule has 0 saturated carbocycles. The second-order valence-electron chi connectivity index (χ2n) is 6.83. The Morgan fingerprint density at radius 2 is 2.19 bits per heavy atom. The third-order valence-electron chi connectivity index (χ3n) is 4.52. The zero-order chi connectivity index (χ0) is 18.8. The van der Waals surface area contributed by atoms with Gasteiger partial charge in [-0.15, -0.1) is 0 Å². The number of ether oxygens (including phenoxy) is 1. The van der Waals surface area contributed by atoms with Gasteiger partial charge in [0.1, 0.15) is 17.2 Å². The lowest BCUT2D eigenvalue weighted by atomic mass is 9.89. The van der Waals surface area contributed by atoms with Crippen molar-refractivity contribution < 1.29 is 18.8 Å². The van der Waals surface area contributed by atoms with E-state index in [0.29, 0.717) is 23.7 Å². The molecule has 0 fully saturated rings. The molecule has 1 atom stereocenters. The molecule has 2 aromatic rings. The van der Waals surface area contributed by atoms with Gasteiger partial charge in [-0.05, 0) is 23.8 Å². The first-order valence-electron chi connectivity index (χ1n) is 8.57. The van der Waals surface area contributed by atoms with Crippen LogP contribution >= 0.6 is 0 Å². The molecule has 0 bridgehead atoms. The number of likely N-dealkylation sites (N-methyl/N-ethyl adjacent to an activating group) is 1. The number of fused-ring (bicyclic) bond motifs is 1. The van der Waals surface area contributed by atoms with Gasteiger partial charge in [0.15, 0.2) is 0 Å². The fourth-order valence-electron chi connectivity index (χ4n) is 3.05. The molecule has 1 aliphatic rings. The molecule has 2 heterocycles. The number of anilines is 1. The molecule has 7 nitrogen and oxygen atoms in total. The maximum Gasteiger partial charge on any atom is 0.230 e. The van der Waals surface area contributed by atoms with E-state index in [4.69, 9.17) is 9.26 Å². The molecule has 138 valence electrons. The highest BCUT2D eigenvalue weighted by Crippen LogP contribution is 2.36. The van der Waals surface area contributed by atoms with Crippen molar-refractivity contribution in [3.8, 4) is 5.75 Å². The molecule has 0 aliphatic carbocycles. The molecule has 7 heteroatoms. The first-order valence-corrected chi connectivity index (χ1v) is 8.57. The number of aromatic nitrogens is 1. The Hall–Kier alpha value is -2.83. The Bertz CT molecular complexity index is 828. The lowest BCUT2D eigenvalue weighted by Gasteiger charge is -2.28. The van der Waals surface area contributed by atoms with Crippen LogP contribution in [0.5, 0.6) is 5.75 Å². The summed E-state index contributed by atoms with van der Waals surface area (Å²) in [7, 11) is 3.28. The van der Waals surface area contributed by atoms with Crippen LogP contribution in [-0.2, 0) is 16.1 Å². The predicted octanol–water partition coefficient (Wildman–Crippen LogP) is 2.89. The normalized spacial score (nSPS) is 16.2. The van der Waals surface area contributed by atoms with E-state index < -0.39 is 5.92 Å². The van der Waals surface area contributed by atoms with E-state index in [-0.39, 0.29) is 24.2 Å². The van der Waals surface area contributed by atoms with Crippen LogP contribution in [0.25, 0.3) is 0 Å². The lowest BCUT2D eigenvalue weighted by molar-refractivity contribution is -0.134. The molecule has 26 heavy (non-hydrogen) atoms. The molecular formula is C19H23N3O4. The minimum atomic E-state index is -0.546. The summed E-state index contributed by atoms with van der Waals surface area (Å²) in [4.78, 5) is 26.6. The van der Waals surface area contributed by atoms with Crippen molar-refractivity contribution in [1.82, 2.24) is 10.1 Å². The number of benzene rings is 1. The lowest BCUT2D eigenvalue weighted by Crippen LogP contribution is -2.36. The summed E-state index contributed by atoms with van der Waals surface area (Å²) in [5.74, 6) is 0.821. The summed E-state index contributed by atoms with van der Waals surface area (Å²) in [6.45, 7) is 4.36. The fourth-order valence-corrected chi connectivity index (χ4v) is 3.05. The Morgan fingerprint density at radius 1 is 1.42 bits per heavy atom. The Labute approximate surface area is 152 Å². The molecule has 0 unspecified atom stereocenters. The van der Waals surface area contributed by atoms with Crippen LogP contribution in [0.1, 0.15) is 49.1 Å². The van der Waals surface area contributed by atoms with E-state index in [1.54, 1.807) is 37.3 Å². The fraction of sp³-hybridized carbons (Fsp3) is 0.421. The van der Waals surface area contributed by atoms with Gasteiger partial charge in [0.2, 0.25) is 11.8 Å². The van der Waals surface area contributed by atoms with Crippen LogP contribution < -0.4 is 10.1 Å². The number of hydrogen-bond acceptors (Lipinski definition) is 5. The first kappa shape index (κ1) is 18.0. The molecule has 0 radical (unpaired) electrons. The van der Waals surface area contributed by atoms with Crippen LogP contribution in [0.4, 0.5) is 5.69 Å². The SMILES string of the molecule is COc1ccc2c(c1)[C@@H](C(=O)N(C)Cc1cc(C(C)C)on1)CC(=O)N2. The smallest absolute Gasteiger partial charge is 0.230 e. The molecule has 2 amide bonds. The maximum atomic E-state index is 13.0. The monoisotopic (exact) mass is 357 g/mol. The third kappa shape index (κ3) is 3.56.